The van der Waals surface area contributed by atoms with Crippen molar-refractivity contribution >= 4 is 35.0 Å². The van der Waals surface area contributed by atoms with Crippen molar-refractivity contribution in [1.29, 1.82) is 0 Å². The van der Waals surface area contributed by atoms with Gasteiger partial charge in [-0.05, 0) is 36.2 Å². The molecule has 0 bridgehead atoms. The van der Waals surface area contributed by atoms with E-state index in [0.717, 1.165) is 25.1 Å². The standard InChI is InChI=1S/C22H27ClN2O3S/c1-3-10-28-21-19(23)13-17(14-20(21)27-2)22(26)24-15-16-4-6-18(7-5-16)25-8-11-29-12-9-25/h4-7,13-14H,3,8-12,15H2,1-2H3,(H,24,26). The Morgan fingerprint density at radius 3 is 2.59 bits per heavy atom. The molecule has 0 radical (unpaired) electrons. The van der Waals surface area contributed by atoms with Crippen molar-refractivity contribution < 1.29 is 14.3 Å². The smallest absolute Gasteiger partial charge is 0.251 e. The summed E-state index contributed by atoms with van der Waals surface area (Å²) in [6, 6.07) is 11.6. The van der Waals surface area contributed by atoms with Crippen LogP contribution in [-0.2, 0) is 6.54 Å². The topological polar surface area (TPSA) is 50.8 Å². The lowest BCUT2D eigenvalue weighted by Crippen LogP contribution is -2.32. The maximum Gasteiger partial charge on any atom is 0.251 e. The molecule has 1 N–H and O–H groups in total. The fourth-order valence-corrected chi connectivity index (χ4v) is 4.29. The van der Waals surface area contributed by atoms with Gasteiger partial charge < -0.3 is 19.7 Å². The number of thioether (sulfide) groups is 1. The summed E-state index contributed by atoms with van der Waals surface area (Å²) in [5.41, 5.74) is 2.73. The summed E-state index contributed by atoms with van der Waals surface area (Å²) in [5, 5.41) is 3.31. The second-order valence-electron chi connectivity index (χ2n) is 6.79. The summed E-state index contributed by atoms with van der Waals surface area (Å²) >= 11 is 8.31. The van der Waals surface area contributed by atoms with Gasteiger partial charge in [-0.1, -0.05) is 30.7 Å². The van der Waals surface area contributed by atoms with E-state index in [1.807, 2.05) is 18.7 Å². The molecule has 3 rings (SSSR count). The molecule has 0 atom stereocenters. The molecule has 1 fully saturated rings. The number of benzene rings is 2. The van der Waals surface area contributed by atoms with E-state index in [9.17, 15) is 4.79 Å². The van der Waals surface area contributed by atoms with E-state index < -0.39 is 0 Å². The third-order valence-electron chi connectivity index (χ3n) is 4.71. The van der Waals surface area contributed by atoms with Crippen molar-refractivity contribution in [3.63, 3.8) is 0 Å². The number of nitrogens with one attached hydrogen (secondary N) is 1. The molecule has 0 aromatic heterocycles. The summed E-state index contributed by atoms with van der Waals surface area (Å²) in [4.78, 5) is 15.0. The van der Waals surface area contributed by atoms with Gasteiger partial charge in [-0.2, -0.15) is 11.8 Å². The highest BCUT2D eigenvalue weighted by molar-refractivity contribution is 7.99. The largest absolute Gasteiger partial charge is 0.493 e. The molecule has 2 aromatic rings. The SMILES string of the molecule is CCCOc1c(Cl)cc(C(=O)NCc2ccc(N3CCSCC3)cc2)cc1OC. The predicted octanol–water partition coefficient (Wildman–Crippen LogP) is 4.62. The summed E-state index contributed by atoms with van der Waals surface area (Å²) < 4.78 is 11.0. The Kier molecular flexibility index (Phi) is 7.95. The van der Waals surface area contributed by atoms with Gasteiger partial charge in [0, 0.05) is 42.4 Å². The van der Waals surface area contributed by atoms with Crippen LogP contribution in [-0.4, -0.2) is 44.2 Å². The van der Waals surface area contributed by atoms with Crippen LogP contribution in [0.2, 0.25) is 5.02 Å². The van der Waals surface area contributed by atoms with Crippen molar-refractivity contribution in [2.24, 2.45) is 0 Å². The number of carbonyl (C=O) groups excluding carboxylic acids is 1. The first-order valence-electron chi connectivity index (χ1n) is 9.82. The fraction of sp³-hybridized carbons (Fsp3) is 0.409. The molecule has 5 nitrogen and oxygen atoms in total. The van der Waals surface area contributed by atoms with Gasteiger partial charge >= 0.3 is 0 Å². The molecule has 2 aromatic carbocycles. The average Bonchev–Trinajstić information content (AvgIpc) is 2.77. The molecule has 29 heavy (non-hydrogen) atoms. The molecule has 0 saturated carbocycles. The third-order valence-corrected chi connectivity index (χ3v) is 5.93. The number of hydrogen-bond acceptors (Lipinski definition) is 5. The van der Waals surface area contributed by atoms with Gasteiger partial charge in [0.2, 0.25) is 0 Å². The molecule has 7 heteroatoms. The minimum Gasteiger partial charge on any atom is -0.493 e. The molecule has 0 spiro atoms. The number of methoxy groups -OCH3 is 1. The van der Waals surface area contributed by atoms with Crippen molar-refractivity contribution in [2.45, 2.75) is 19.9 Å². The van der Waals surface area contributed by atoms with Gasteiger partial charge in [-0.3, -0.25) is 4.79 Å². The van der Waals surface area contributed by atoms with Crippen LogP contribution in [0.4, 0.5) is 5.69 Å². The van der Waals surface area contributed by atoms with Gasteiger partial charge in [0.15, 0.2) is 11.5 Å². The second-order valence-corrected chi connectivity index (χ2v) is 8.42. The highest BCUT2D eigenvalue weighted by atomic mass is 35.5. The Bertz CT molecular complexity index is 824. The Morgan fingerprint density at radius 2 is 1.93 bits per heavy atom. The number of carbonyl (C=O) groups is 1. The van der Waals surface area contributed by atoms with Crippen LogP contribution in [0.5, 0.6) is 11.5 Å². The molecule has 0 unspecified atom stereocenters. The summed E-state index contributed by atoms with van der Waals surface area (Å²) in [5.74, 6) is 3.07. The quantitative estimate of drug-likeness (QED) is 0.656. The number of amides is 1. The number of rotatable bonds is 8. The van der Waals surface area contributed by atoms with Gasteiger partial charge in [0.05, 0.1) is 18.7 Å². The van der Waals surface area contributed by atoms with E-state index in [0.29, 0.717) is 35.2 Å². The van der Waals surface area contributed by atoms with Gasteiger partial charge in [-0.15, -0.1) is 0 Å². The van der Waals surface area contributed by atoms with E-state index in [1.54, 1.807) is 12.1 Å². The molecule has 1 amide bonds. The van der Waals surface area contributed by atoms with E-state index in [-0.39, 0.29) is 5.91 Å². The molecule has 1 aliphatic rings. The lowest BCUT2D eigenvalue weighted by atomic mass is 10.1. The van der Waals surface area contributed by atoms with Crippen LogP contribution in [0.15, 0.2) is 36.4 Å². The Labute approximate surface area is 181 Å². The number of anilines is 1. The zero-order chi connectivity index (χ0) is 20.6. The first-order valence-corrected chi connectivity index (χ1v) is 11.4. The minimum absolute atomic E-state index is 0.204. The van der Waals surface area contributed by atoms with Crippen molar-refractivity contribution in [1.82, 2.24) is 5.32 Å². The average molecular weight is 435 g/mol. The highest BCUT2D eigenvalue weighted by Gasteiger charge is 2.16. The highest BCUT2D eigenvalue weighted by Crippen LogP contribution is 2.36. The second kappa shape index (κ2) is 10.6. The van der Waals surface area contributed by atoms with E-state index in [2.05, 4.69) is 34.5 Å². The molecule has 1 aliphatic heterocycles. The van der Waals surface area contributed by atoms with Crippen molar-refractivity contribution in [2.75, 3.05) is 43.2 Å². The van der Waals surface area contributed by atoms with Gasteiger partial charge in [0.25, 0.3) is 5.91 Å². The Balaban J connectivity index is 1.62. The van der Waals surface area contributed by atoms with Gasteiger partial charge in [-0.25, -0.2) is 0 Å². The Morgan fingerprint density at radius 1 is 1.21 bits per heavy atom. The zero-order valence-corrected chi connectivity index (χ0v) is 18.4. The lowest BCUT2D eigenvalue weighted by Gasteiger charge is -2.28. The van der Waals surface area contributed by atoms with E-state index in [1.165, 1.54) is 24.3 Å². The van der Waals surface area contributed by atoms with Crippen LogP contribution >= 0.6 is 23.4 Å². The normalized spacial score (nSPS) is 13.8. The molecular formula is C22H27ClN2O3S. The predicted molar refractivity (Wildman–Crippen MR) is 121 cm³/mol. The molecule has 1 heterocycles. The number of hydrogen-bond donors (Lipinski definition) is 1. The maximum absolute atomic E-state index is 12.6. The first-order chi connectivity index (χ1) is 14.1. The Hall–Kier alpha value is -2.05. The van der Waals surface area contributed by atoms with Crippen LogP contribution in [0, 0.1) is 0 Å². The van der Waals surface area contributed by atoms with Crippen LogP contribution in [0.25, 0.3) is 0 Å². The fourth-order valence-electron chi connectivity index (χ4n) is 3.13. The minimum atomic E-state index is -0.204. The molecule has 1 saturated heterocycles. The maximum atomic E-state index is 12.6. The number of nitrogens with zero attached hydrogens (tertiary/aromatic N) is 1. The van der Waals surface area contributed by atoms with E-state index in [4.69, 9.17) is 21.1 Å². The van der Waals surface area contributed by atoms with Gasteiger partial charge in [0.1, 0.15) is 0 Å². The third kappa shape index (κ3) is 5.73. The summed E-state index contributed by atoms with van der Waals surface area (Å²) in [6.07, 6.45) is 0.858. The zero-order valence-electron chi connectivity index (χ0n) is 16.9. The monoisotopic (exact) mass is 434 g/mol. The van der Waals surface area contributed by atoms with Crippen molar-refractivity contribution in [3.05, 3.63) is 52.5 Å². The number of ether oxygens (including phenoxy) is 2. The van der Waals surface area contributed by atoms with E-state index >= 15 is 0 Å². The summed E-state index contributed by atoms with van der Waals surface area (Å²) in [7, 11) is 1.54. The lowest BCUT2D eigenvalue weighted by molar-refractivity contribution is 0.0950. The number of halogens is 1. The van der Waals surface area contributed by atoms with Crippen LogP contribution in [0.1, 0.15) is 29.3 Å². The molecule has 156 valence electrons. The molecule has 0 aliphatic carbocycles. The van der Waals surface area contributed by atoms with Crippen LogP contribution < -0.4 is 19.7 Å². The summed E-state index contributed by atoms with van der Waals surface area (Å²) in [6.45, 7) is 5.17. The van der Waals surface area contributed by atoms with Crippen LogP contribution in [0.3, 0.4) is 0 Å². The molecular weight excluding hydrogens is 408 g/mol. The van der Waals surface area contributed by atoms with Crippen molar-refractivity contribution in [3.8, 4) is 11.5 Å². The first kappa shape index (κ1) is 21.7.